The van der Waals surface area contributed by atoms with Crippen LogP contribution >= 0.6 is 0 Å². The van der Waals surface area contributed by atoms with Crippen molar-refractivity contribution < 1.29 is 10.2 Å². The number of rotatable bonds is 0. The zero-order valence-electron chi connectivity index (χ0n) is 11.5. The van der Waals surface area contributed by atoms with Crippen LogP contribution in [-0.2, 0) is 0 Å². The van der Waals surface area contributed by atoms with Gasteiger partial charge in [0.1, 0.15) is 0 Å². The van der Waals surface area contributed by atoms with Gasteiger partial charge >= 0.3 is 0 Å². The molecule has 2 spiro atoms. The van der Waals surface area contributed by atoms with E-state index in [1.807, 2.05) is 6.08 Å². The minimum absolute atomic E-state index is 0.0106. The third-order valence-corrected chi connectivity index (χ3v) is 6.56. The number of hydrogen-bond donors (Lipinski definition) is 2. The second-order valence-electron chi connectivity index (χ2n) is 7.06. The Balaban J connectivity index is 1.91. The molecule has 0 aliphatic heterocycles. The summed E-state index contributed by atoms with van der Waals surface area (Å²) in [5, 5.41) is 21.3. The third kappa shape index (κ3) is 1.30. The predicted octanol–water partition coefficient (Wildman–Crippen LogP) is 2.96. The lowest BCUT2D eigenvalue weighted by atomic mass is 9.44. The first-order chi connectivity index (χ1) is 9.21. The van der Waals surface area contributed by atoms with Crippen molar-refractivity contribution in [1.29, 1.82) is 0 Å². The molecule has 0 unspecified atom stereocenters. The Morgan fingerprint density at radius 2 is 2.00 bits per heavy atom. The summed E-state index contributed by atoms with van der Waals surface area (Å²) in [6.45, 7) is 0. The molecule has 2 N–H and O–H groups in total. The van der Waals surface area contributed by atoms with E-state index >= 15 is 0 Å². The molecular formula is C17H24O2. The Morgan fingerprint density at radius 1 is 1.11 bits per heavy atom. The van der Waals surface area contributed by atoms with Crippen LogP contribution in [0.5, 0.6) is 0 Å². The summed E-state index contributed by atoms with van der Waals surface area (Å²) in [6.07, 6.45) is 15.1. The SMILES string of the molecule is O[C@@H]1C[C@@H]2CCCC[C@@]23[C@@H](O)C=C[C@]32CCCC=C12. The lowest BCUT2D eigenvalue weighted by molar-refractivity contribution is -0.117. The molecule has 0 aromatic carbocycles. The quantitative estimate of drug-likeness (QED) is 0.657. The standard InChI is InChI=1S/C17H24O2/c18-14-11-12-5-1-4-9-17(12)15(19)7-10-16(17)8-3-2-6-13(14)16/h6-7,10,12,14-15,18-19H,1-5,8-9,11H2/t12-,14+,15-,16-,17-/m0/s1. The van der Waals surface area contributed by atoms with Gasteiger partial charge in [0.15, 0.2) is 0 Å². The first-order valence-corrected chi connectivity index (χ1v) is 7.97. The van der Waals surface area contributed by atoms with E-state index in [1.54, 1.807) is 0 Å². The van der Waals surface area contributed by atoms with Crippen molar-refractivity contribution >= 4 is 0 Å². The Bertz CT molecular complexity index is 452. The number of aliphatic hydroxyl groups excluding tert-OH is 2. The Labute approximate surface area is 115 Å². The first-order valence-electron chi connectivity index (χ1n) is 7.97. The smallest absolute Gasteiger partial charge is 0.0791 e. The average Bonchev–Trinajstić information content (AvgIpc) is 2.70. The van der Waals surface area contributed by atoms with E-state index in [4.69, 9.17) is 0 Å². The van der Waals surface area contributed by atoms with E-state index in [0.717, 1.165) is 25.7 Å². The molecule has 0 amide bonds. The van der Waals surface area contributed by atoms with Crippen LogP contribution in [0.15, 0.2) is 23.8 Å². The molecule has 0 radical (unpaired) electrons. The molecule has 0 aromatic heterocycles. The van der Waals surface area contributed by atoms with Gasteiger partial charge < -0.3 is 10.2 Å². The lowest BCUT2D eigenvalue weighted by Crippen LogP contribution is -2.58. The number of allylic oxidation sites excluding steroid dienone is 2. The molecule has 2 saturated carbocycles. The molecule has 0 saturated heterocycles. The molecule has 5 atom stereocenters. The Kier molecular flexibility index (Phi) is 2.53. The van der Waals surface area contributed by atoms with E-state index in [2.05, 4.69) is 12.2 Å². The fourth-order valence-corrected chi connectivity index (χ4v) is 5.90. The van der Waals surface area contributed by atoms with Crippen molar-refractivity contribution in [2.45, 2.75) is 63.6 Å². The predicted molar refractivity (Wildman–Crippen MR) is 74.5 cm³/mol. The highest BCUT2D eigenvalue weighted by Crippen LogP contribution is 2.69. The molecule has 4 aliphatic rings. The van der Waals surface area contributed by atoms with Crippen LogP contribution < -0.4 is 0 Å². The van der Waals surface area contributed by atoms with Gasteiger partial charge in [-0.1, -0.05) is 31.1 Å². The molecule has 19 heavy (non-hydrogen) atoms. The van der Waals surface area contributed by atoms with E-state index < -0.39 is 0 Å². The summed E-state index contributed by atoms with van der Waals surface area (Å²) in [4.78, 5) is 0. The van der Waals surface area contributed by atoms with E-state index in [1.165, 1.54) is 31.3 Å². The molecule has 0 heterocycles. The van der Waals surface area contributed by atoms with Crippen LogP contribution in [0.3, 0.4) is 0 Å². The monoisotopic (exact) mass is 260 g/mol. The zero-order valence-corrected chi connectivity index (χ0v) is 11.5. The summed E-state index contributed by atoms with van der Waals surface area (Å²) in [7, 11) is 0. The van der Waals surface area contributed by atoms with Crippen LogP contribution in [0.4, 0.5) is 0 Å². The molecule has 2 nitrogen and oxygen atoms in total. The Morgan fingerprint density at radius 3 is 2.89 bits per heavy atom. The maximum atomic E-state index is 10.7. The highest BCUT2D eigenvalue weighted by Gasteiger charge is 2.65. The second kappa shape index (κ2) is 3.95. The summed E-state index contributed by atoms with van der Waals surface area (Å²) in [5.74, 6) is 0.497. The van der Waals surface area contributed by atoms with Gasteiger partial charge in [0.2, 0.25) is 0 Å². The van der Waals surface area contributed by atoms with Gasteiger partial charge in [-0.2, -0.15) is 0 Å². The van der Waals surface area contributed by atoms with Gasteiger partial charge in [0.25, 0.3) is 0 Å². The highest BCUT2D eigenvalue weighted by molar-refractivity contribution is 5.41. The molecule has 104 valence electrons. The zero-order chi connectivity index (χ0) is 13.1. The van der Waals surface area contributed by atoms with Crippen molar-refractivity contribution in [1.82, 2.24) is 0 Å². The summed E-state index contributed by atoms with van der Waals surface area (Å²) in [5.41, 5.74) is 1.23. The minimum Gasteiger partial charge on any atom is -0.389 e. The molecule has 4 aliphatic carbocycles. The fraction of sp³-hybridized carbons (Fsp3) is 0.765. The topological polar surface area (TPSA) is 40.5 Å². The number of aliphatic hydroxyl groups is 2. The van der Waals surface area contributed by atoms with Crippen molar-refractivity contribution in [2.75, 3.05) is 0 Å². The van der Waals surface area contributed by atoms with Crippen LogP contribution in [0.1, 0.15) is 51.4 Å². The molecule has 0 bridgehead atoms. The fourth-order valence-electron chi connectivity index (χ4n) is 5.90. The van der Waals surface area contributed by atoms with Crippen molar-refractivity contribution in [3.63, 3.8) is 0 Å². The Hall–Kier alpha value is -0.600. The molecule has 2 fully saturated rings. The first kappa shape index (κ1) is 12.2. The van der Waals surface area contributed by atoms with E-state index in [0.29, 0.717) is 5.92 Å². The second-order valence-corrected chi connectivity index (χ2v) is 7.06. The molecule has 0 aromatic rings. The van der Waals surface area contributed by atoms with Crippen LogP contribution in [-0.4, -0.2) is 22.4 Å². The normalized spacial score (nSPS) is 52.1. The summed E-state index contributed by atoms with van der Waals surface area (Å²) < 4.78 is 0. The van der Waals surface area contributed by atoms with E-state index in [9.17, 15) is 10.2 Å². The molecular weight excluding hydrogens is 236 g/mol. The molecule has 4 rings (SSSR count). The van der Waals surface area contributed by atoms with Crippen molar-refractivity contribution in [3.05, 3.63) is 23.8 Å². The third-order valence-electron chi connectivity index (χ3n) is 6.56. The van der Waals surface area contributed by atoms with Crippen LogP contribution in [0.25, 0.3) is 0 Å². The van der Waals surface area contributed by atoms with Crippen LogP contribution in [0, 0.1) is 16.7 Å². The number of hydrogen-bond acceptors (Lipinski definition) is 2. The van der Waals surface area contributed by atoms with Crippen LogP contribution in [0.2, 0.25) is 0 Å². The van der Waals surface area contributed by atoms with Crippen molar-refractivity contribution in [2.24, 2.45) is 16.7 Å². The van der Waals surface area contributed by atoms with Gasteiger partial charge in [-0.3, -0.25) is 0 Å². The maximum Gasteiger partial charge on any atom is 0.0791 e. The van der Waals surface area contributed by atoms with Crippen molar-refractivity contribution in [3.8, 4) is 0 Å². The molecule has 2 heteroatoms. The summed E-state index contributed by atoms with van der Waals surface area (Å²) in [6, 6.07) is 0. The lowest BCUT2D eigenvalue weighted by Gasteiger charge is -2.61. The maximum absolute atomic E-state index is 10.7. The van der Waals surface area contributed by atoms with Gasteiger partial charge in [0.05, 0.1) is 12.2 Å². The van der Waals surface area contributed by atoms with Gasteiger partial charge in [0, 0.05) is 10.8 Å². The average molecular weight is 260 g/mol. The van der Waals surface area contributed by atoms with Gasteiger partial charge in [-0.15, -0.1) is 0 Å². The van der Waals surface area contributed by atoms with Gasteiger partial charge in [-0.25, -0.2) is 0 Å². The van der Waals surface area contributed by atoms with E-state index in [-0.39, 0.29) is 23.0 Å². The largest absolute Gasteiger partial charge is 0.389 e. The minimum atomic E-state index is -0.299. The summed E-state index contributed by atoms with van der Waals surface area (Å²) >= 11 is 0. The van der Waals surface area contributed by atoms with Gasteiger partial charge in [-0.05, 0) is 50.0 Å². The highest BCUT2D eigenvalue weighted by atomic mass is 16.3.